The summed E-state index contributed by atoms with van der Waals surface area (Å²) in [6, 6.07) is 7.44. The van der Waals surface area contributed by atoms with Gasteiger partial charge in [-0.05, 0) is 140 Å². The number of aldehydes is 1. The number of thioether (sulfide) groups is 1. The first kappa shape index (κ1) is 75.0. The van der Waals surface area contributed by atoms with E-state index in [0.29, 0.717) is 62.6 Å². The van der Waals surface area contributed by atoms with Gasteiger partial charge in [0.05, 0.1) is 79.3 Å². The summed E-state index contributed by atoms with van der Waals surface area (Å²) in [6.07, 6.45) is 24.6. The molecule has 0 saturated carbocycles. The second-order valence-corrected chi connectivity index (χ2v) is 19.6. The Hall–Kier alpha value is -8.01. The Kier molecular flexibility index (Phi) is 42.1. The van der Waals surface area contributed by atoms with E-state index in [2.05, 4.69) is 75.4 Å². The van der Waals surface area contributed by atoms with Crippen molar-refractivity contribution < 1.29 is 66.7 Å². The predicted molar refractivity (Wildman–Crippen MR) is 330 cm³/mol. The number of unbranched alkanes of at least 4 members (excludes halogenated alkanes) is 6. The van der Waals surface area contributed by atoms with Gasteiger partial charge in [-0.2, -0.15) is 5.10 Å². The van der Waals surface area contributed by atoms with Crippen LogP contribution in [0.2, 0.25) is 0 Å². The molecule has 0 saturated heterocycles. The Balaban J connectivity index is 0.0000162. The minimum Gasteiger partial charge on any atom is -0.494 e. The number of carbonyl (C=O) groups is 6. The maximum Gasteiger partial charge on any atom is 0.338 e. The van der Waals surface area contributed by atoms with E-state index in [1.165, 1.54) is 48.4 Å². The first-order chi connectivity index (χ1) is 39.7. The maximum absolute atomic E-state index is 13.7. The van der Waals surface area contributed by atoms with Crippen molar-refractivity contribution in [2.75, 3.05) is 46.0 Å². The minimum absolute atomic E-state index is 0.0842. The molecular weight excluding hydrogens is 1080 g/mol. The van der Waals surface area contributed by atoms with Crippen molar-refractivity contribution in [1.29, 1.82) is 0 Å². The molecule has 0 heterocycles. The third-order valence-corrected chi connectivity index (χ3v) is 12.5. The molecule has 2 unspecified atom stereocenters. The number of carbonyl (C=O) groups excluding carboxylic acids is 6. The number of terminal acetylenes is 1. The van der Waals surface area contributed by atoms with Crippen molar-refractivity contribution in [2.45, 2.75) is 122 Å². The molecule has 1 aromatic carbocycles. The van der Waals surface area contributed by atoms with E-state index in [0.717, 1.165) is 68.9 Å². The summed E-state index contributed by atoms with van der Waals surface area (Å²) >= 11 is 1.42. The molecule has 0 radical (unpaired) electrons. The molecular formula is C65H87N3O14S. The summed E-state index contributed by atoms with van der Waals surface area (Å²) in [5, 5.41) is 6.13. The van der Waals surface area contributed by atoms with Crippen molar-refractivity contribution >= 4 is 66.5 Å². The van der Waals surface area contributed by atoms with Crippen molar-refractivity contribution in [1.82, 2.24) is 5.01 Å². The lowest BCUT2D eigenvalue weighted by molar-refractivity contribution is -0.146. The number of hydrogen-bond acceptors (Lipinski definition) is 18. The minimum atomic E-state index is -0.797. The number of hydrogen-bond donors (Lipinski definition) is 0. The van der Waals surface area contributed by atoms with E-state index >= 15 is 0 Å². The lowest BCUT2D eigenvalue weighted by atomic mass is 10.0. The molecule has 0 aliphatic carbocycles. The zero-order valence-corrected chi connectivity index (χ0v) is 50.3. The number of nitrogens with zero attached hydrogens (tertiary/aromatic N) is 3. The summed E-state index contributed by atoms with van der Waals surface area (Å²) in [7, 11) is 1.69. The van der Waals surface area contributed by atoms with E-state index in [4.69, 9.17) is 49.1 Å². The third kappa shape index (κ3) is 37.6. The zero-order chi connectivity index (χ0) is 62.4. The molecule has 83 heavy (non-hydrogen) atoms. The number of ether oxygens (including phenoxy) is 8. The van der Waals surface area contributed by atoms with E-state index < -0.39 is 53.9 Å². The zero-order valence-electron chi connectivity index (χ0n) is 49.4. The quantitative estimate of drug-likeness (QED) is 0.00484. The molecule has 0 N–H and O–H groups in total. The van der Waals surface area contributed by atoms with Crippen molar-refractivity contribution in [2.24, 2.45) is 21.9 Å². The molecule has 452 valence electrons. The monoisotopic (exact) mass is 1170 g/mol. The predicted octanol–water partition coefficient (Wildman–Crippen LogP) is 12.9. The Morgan fingerprint density at radius 1 is 0.675 bits per heavy atom. The van der Waals surface area contributed by atoms with Gasteiger partial charge in [-0.25, -0.2) is 14.4 Å². The molecule has 0 spiro atoms. The van der Waals surface area contributed by atoms with Crippen LogP contribution in [0.15, 0.2) is 174 Å². The third-order valence-electron chi connectivity index (χ3n) is 11.4. The normalized spacial score (nSPS) is 12.4. The van der Waals surface area contributed by atoms with Gasteiger partial charge >= 0.3 is 29.8 Å². The summed E-state index contributed by atoms with van der Waals surface area (Å²) in [6.45, 7) is 42.2. The highest BCUT2D eigenvalue weighted by Gasteiger charge is 2.23. The van der Waals surface area contributed by atoms with Crippen LogP contribution in [0.1, 0.15) is 105 Å². The molecule has 1 rings (SSSR count). The molecule has 18 heteroatoms. The SMILES string of the molecule is C#CCN(CSc1ccccc1N=C)/N=C/C(=C/C(=C)OC(=O)C(C)CC[C@H](C)OC(=O)C(=C)/C=C\C(=C)OCCCCCCOC(=O)C=C)C(=C)C(=O)O[C@@H](C)CCC(C)C(=O)OC(=C)/C=C\C(=C)OCCCCCCOC.C=CC=O. The number of aliphatic imine (C=N–C) groups is 1. The Morgan fingerprint density at radius 2 is 1.17 bits per heavy atom. The van der Waals surface area contributed by atoms with Crippen LogP contribution in [0.25, 0.3) is 0 Å². The molecule has 1 aromatic rings. The van der Waals surface area contributed by atoms with E-state index in [9.17, 15) is 24.0 Å². The fourth-order valence-electron chi connectivity index (χ4n) is 6.52. The summed E-state index contributed by atoms with van der Waals surface area (Å²) < 4.78 is 43.6. The summed E-state index contributed by atoms with van der Waals surface area (Å²) in [5.74, 6) is -0.593. The second-order valence-electron chi connectivity index (χ2n) is 18.6. The van der Waals surface area contributed by atoms with Gasteiger partial charge < -0.3 is 37.9 Å². The average molecular weight is 1170 g/mol. The van der Waals surface area contributed by atoms with E-state index in [-0.39, 0.29) is 47.1 Å². The number of rotatable bonds is 45. The second kappa shape index (κ2) is 46.6. The first-order valence-electron chi connectivity index (χ1n) is 27.2. The Morgan fingerprint density at radius 3 is 1.69 bits per heavy atom. The average Bonchev–Trinajstić information content (AvgIpc) is 3.48. The van der Waals surface area contributed by atoms with Crippen LogP contribution in [0.5, 0.6) is 0 Å². The highest BCUT2D eigenvalue weighted by atomic mass is 32.2. The van der Waals surface area contributed by atoms with Crippen molar-refractivity contribution in [3.8, 4) is 12.3 Å². The number of hydrazone groups is 1. The largest absolute Gasteiger partial charge is 0.494 e. The number of benzene rings is 1. The molecule has 0 amide bonds. The van der Waals surface area contributed by atoms with Crippen LogP contribution in [-0.2, 0) is 66.7 Å². The van der Waals surface area contributed by atoms with Crippen LogP contribution < -0.4 is 0 Å². The van der Waals surface area contributed by atoms with Gasteiger partial charge in [0.15, 0.2) is 0 Å². The number of methoxy groups -OCH3 is 1. The maximum atomic E-state index is 13.7. The van der Waals surface area contributed by atoms with Gasteiger partial charge in [-0.15, -0.1) is 18.2 Å². The highest BCUT2D eigenvalue weighted by molar-refractivity contribution is 7.99. The molecule has 4 atom stereocenters. The fraction of sp³-hybridized carbons (Fsp3) is 0.415. The van der Waals surface area contributed by atoms with Gasteiger partial charge in [-0.1, -0.05) is 91.0 Å². The topological polar surface area (TPSA) is 204 Å². The van der Waals surface area contributed by atoms with Crippen molar-refractivity contribution in [3.63, 3.8) is 0 Å². The Labute approximate surface area is 497 Å². The lowest BCUT2D eigenvalue weighted by Gasteiger charge is -2.18. The van der Waals surface area contributed by atoms with E-state index in [1.807, 2.05) is 24.3 Å². The number of allylic oxidation sites excluding steroid dienone is 5. The van der Waals surface area contributed by atoms with Crippen LogP contribution in [0, 0.1) is 24.2 Å². The van der Waals surface area contributed by atoms with Crippen LogP contribution in [-0.4, -0.2) is 112 Å². The van der Waals surface area contributed by atoms with Crippen LogP contribution >= 0.6 is 11.8 Å². The summed E-state index contributed by atoms with van der Waals surface area (Å²) in [5.41, 5.74) is 0.752. The van der Waals surface area contributed by atoms with Crippen LogP contribution in [0.4, 0.5) is 5.69 Å². The molecule has 0 aromatic heterocycles. The lowest BCUT2D eigenvalue weighted by Crippen LogP contribution is -2.21. The molecule has 0 bridgehead atoms. The molecule has 0 aliphatic rings. The number of para-hydroxylation sites is 1. The highest BCUT2D eigenvalue weighted by Crippen LogP contribution is 2.29. The van der Waals surface area contributed by atoms with Crippen molar-refractivity contribution in [3.05, 3.63) is 159 Å². The van der Waals surface area contributed by atoms with Crippen LogP contribution in [0.3, 0.4) is 0 Å². The standard InChI is InChI=1S/C62H83N3O13S.C3H4O/c1-15-37-65(44-79-57-28-22-21-27-56(57)63-13)64-43-55(54(12)62(70)77-51(9)34-31-46(4)60(68)76-52(10)36-35-49(7)73-40-24-18-17-23-38-71-14)42-53(11)78-61(69)47(5)30-33-50(8)75-59(67)45(3)29-32-48(6)72-39-25-19-20-26-41-74-58(66)16-2;1-2-3-4/h1,16,21-22,27-29,32,35-36,42-43,46-47,50-51H,2-3,6-7,10-13,17-20,23-26,30-31,33-34,37-41,44H2,4-5,8-9,14H3;2-3H,1H2/b32-29-,36-35-,55-42-,64-43+;/t46?,47?,50-,51-;/m0./s1. The smallest absolute Gasteiger partial charge is 0.338 e. The van der Waals surface area contributed by atoms with Gasteiger partial charge in [0, 0.05) is 30.3 Å². The van der Waals surface area contributed by atoms with Gasteiger partial charge in [-0.3, -0.25) is 24.4 Å². The van der Waals surface area contributed by atoms with Gasteiger partial charge in [0.2, 0.25) is 0 Å². The van der Waals surface area contributed by atoms with Gasteiger partial charge in [0.25, 0.3) is 0 Å². The first-order valence-corrected chi connectivity index (χ1v) is 28.2. The fourth-order valence-corrected chi connectivity index (χ4v) is 7.42. The molecule has 0 fully saturated rings. The summed E-state index contributed by atoms with van der Waals surface area (Å²) in [4.78, 5) is 77.7. The van der Waals surface area contributed by atoms with Gasteiger partial charge in [0.1, 0.15) is 29.3 Å². The molecule has 0 aliphatic heterocycles. The number of esters is 5. The Bertz CT molecular complexity index is 2510. The van der Waals surface area contributed by atoms with E-state index in [1.54, 1.807) is 45.9 Å². The molecule has 17 nitrogen and oxygen atoms in total.